The monoisotopic (exact) mass is 359 g/mol. The Hall–Kier alpha value is -2.70. The second-order valence-corrected chi connectivity index (χ2v) is 7.80. The quantitative estimate of drug-likeness (QED) is 0.853. The lowest BCUT2D eigenvalue weighted by atomic mass is 10.1. The van der Waals surface area contributed by atoms with E-state index >= 15 is 0 Å². The Morgan fingerprint density at radius 3 is 2.68 bits per heavy atom. The number of fused-ring (bicyclic) bond motifs is 1. The molecule has 0 radical (unpaired) electrons. The highest BCUT2D eigenvalue weighted by Crippen LogP contribution is 2.16. The number of hydrogen-bond acceptors (Lipinski definition) is 5. The molecule has 2 heterocycles. The summed E-state index contributed by atoms with van der Waals surface area (Å²) in [6.45, 7) is 1.42. The molecule has 1 aliphatic rings. The van der Waals surface area contributed by atoms with E-state index in [-0.39, 0.29) is 19.0 Å². The highest BCUT2D eigenvalue weighted by molar-refractivity contribution is 7.88. The Morgan fingerprint density at radius 2 is 2.04 bits per heavy atom. The van der Waals surface area contributed by atoms with Gasteiger partial charge in [0.15, 0.2) is 0 Å². The molecule has 1 aromatic carbocycles. The molecular weight excluding hydrogens is 342 g/mol. The average molecular weight is 359 g/mol. The summed E-state index contributed by atoms with van der Waals surface area (Å²) in [5.74, 6) is -0.256. The zero-order valence-corrected chi connectivity index (χ0v) is 14.5. The summed E-state index contributed by atoms with van der Waals surface area (Å²) in [7, 11) is -3.23. The van der Waals surface area contributed by atoms with Crippen molar-refractivity contribution in [3.05, 3.63) is 52.8 Å². The second kappa shape index (κ2) is 6.66. The normalized spacial score (nSPS) is 14.6. The van der Waals surface area contributed by atoms with E-state index < -0.39 is 10.0 Å². The lowest BCUT2D eigenvalue weighted by Crippen LogP contribution is -2.37. The molecule has 0 aliphatic carbocycles. The summed E-state index contributed by atoms with van der Waals surface area (Å²) in [6.07, 6.45) is 1.19. The van der Waals surface area contributed by atoms with Gasteiger partial charge in [0.05, 0.1) is 48.9 Å². The predicted octanol–water partition coefficient (Wildman–Crippen LogP) is 0.460. The van der Waals surface area contributed by atoms with Gasteiger partial charge in [0.1, 0.15) is 0 Å². The Bertz CT molecular complexity index is 941. The van der Waals surface area contributed by atoms with Crippen molar-refractivity contribution in [3.63, 3.8) is 0 Å². The molecule has 0 fully saturated rings. The summed E-state index contributed by atoms with van der Waals surface area (Å²) in [5, 5.41) is 15.9. The van der Waals surface area contributed by atoms with Gasteiger partial charge >= 0.3 is 0 Å². The highest BCUT2D eigenvalue weighted by Gasteiger charge is 2.24. The Kier molecular flexibility index (Phi) is 4.57. The zero-order valence-electron chi connectivity index (χ0n) is 13.6. The minimum atomic E-state index is -3.23. The molecule has 0 saturated carbocycles. The number of rotatable bonds is 4. The van der Waals surface area contributed by atoms with Gasteiger partial charge in [-0.25, -0.2) is 8.42 Å². The molecule has 25 heavy (non-hydrogen) atoms. The van der Waals surface area contributed by atoms with Crippen molar-refractivity contribution in [1.29, 1.82) is 5.26 Å². The number of carbonyl (C=O) groups excluding carboxylic acids is 1. The third-order valence-corrected chi connectivity index (χ3v) is 5.24. The van der Waals surface area contributed by atoms with Crippen LogP contribution in [0, 0.1) is 11.3 Å². The van der Waals surface area contributed by atoms with Crippen molar-refractivity contribution < 1.29 is 13.2 Å². The summed E-state index contributed by atoms with van der Waals surface area (Å²) < 4.78 is 26.5. The van der Waals surface area contributed by atoms with Crippen LogP contribution >= 0.6 is 0 Å². The smallest absolute Gasteiger partial charge is 0.251 e. The summed E-state index contributed by atoms with van der Waals surface area (Å²) >= 11 is 0. The van der Waals surface area contributed by atoms with Crippen LogP contribution in [0.2, 0.25) is 0 Å². The molecule has 3 rings (SSSR count). The molecule has 0 atom stereocenters. The first-order valence-corrected chi connectivity index (χ1v) is 9.51. The third-order valence-electron chi connectivity index (χ3n) is 3.99. The van der Waals surface area contributed by atoms with Crippen LogP contribution < -0.4 is 5.32 Å². The molecule has 1 N–H and O–H groups in total. The lowest BCUT2D eigenvalue weighted by molar-refractivity contribution is 0.0950. The van der Waals surface area contributed by atoms with Crippen LogP contribution in [0.1, 0.15) is 27.3 Å². The van der Waals surface area contributed by atoms with Gasteiger partial charge < -0.3 is 5.32 Å². The molecule has 8 nitrogen and oxygen atoms in total. The Balaban J connectivity index is 1.64. The fourth-order valence-electron chi connectivity index (χ4n) is 2.64. The van der Waals surface area contributed by atoms with Crippen LogP contribution in [0.3, 0.4) is 0 Å². The maximum Gasteiger partial charge on any atom is 0.251 e. The first kappa shape index (κ1) is 17.1. The fraction of sp³-hybridized carbons (Fsp3) is 0.312. The maximum atomic E-state index is 12.1. The van der Waals surface area contributed by atoms with Crippen LogP contribution in [-0.4, -0.2) is 41.2 Å². The van der Waals surface area contributed by atoms with Gasteiger partial charge in [-0.05, 0) is 30.3 Å². The predicted molar refractivity (Wildman–Crippen MR) is 89.8 cm³/mol. The molecule has 0 bridgehead atoms. The molecule has 1 aliphatic heterocycles. The molecule has 0 spiro atoms. The first-order valence-electron chi connectivity index (χ1n) is 7.66. The summed E-state index contributed by atoms with van der Waals surface area (Å²) in [5.41, 5.74) is 2.44. The number of amides is 1. The van der Waals surface area contributed by atoms with Gasteiger partial charge in [-0.15, -0.1) is 0 Å². The molecule has 1 aromatic heterocycles. The number of aromatic nitrogens is 2. The number of nitriles is 1. The van der Waals surface area contributed by atoms with E-state index in [9.17, 15) is 13.2 Å². The van der Waals surface area contributed by atoms with Crippen molar-refractivity contribution in [2.75, 3.05) is 12.8 Å². The number of benzene rings is 1. The van der Waals surface area contributed by atoms with Crippen molar-refractivity contribution in [3.8, 4) is 6.07 Å². The van der Waals surface area contributed by atoms with Gasteiger partial charge in [-0.1, -0.05) is 0 Å². The van der Waals surface area contributed by atoms with E-state index in [2.05, 4.69) is 10.4 Å². The third kappa shape index (κ3) is 3.87. The molecule has 9 heteroatoms. The van der Waals surface area contributed by atoms with Crippen molar-refractivity contribution in [1.82, 2.24) is 19.4 Å². The van der Waals surface area contributed by atoms with Crippen molar-refractivity contribution in [2.45, 2.75) is 19.6 Å². The van der Waals surface area contributed by atoms with E-state index in [4.69, 9.17) is 5.26 Å². The average Bonchev–Trinajstić information content (AvgIpc) is 3.01. The largest absolute Gasteiger partial charge is 0.346 e. The molecule has 1 amide bonds. The van der Waals surface area contributed by atoms with Crippen molar-refractivity contribution in [2.24, 2.45) is 0 Å². The van der Waals surface area contributed by atoms with Gasteiger partial charge in [0.25, 0.3) is 5.91 Å². The van der Waals surface area contributed by atoms with Crippen LogP contribution in [0.15, 0.2) is 30.3 Å². The fourth-order valence-corrected chi connectivity index (χ4v) is 3.42. The first-order chi connectivity index (χ1) is 11.9. The molecule has 0 unspecified atom stereocenters. The molecular formula is C16H17N5O3S. The topological polar surface area (TPSA) is 108 Å². The minimum absolute atomic E-state index is 0.248. The minimum Gasteiger partial charge on any atom is -0.346 e. The van der Waals surface area contributed by atoms with E-state index in [1.54, 1.807) is 35.0 Å². The van der Waals surface area contributed by atoms with Gasteiger partial charge in [0, 0.05) is 12.1 Å². The molecule has 0 saturated heterocycles. The van der Waals surface area contributed by atoms with E-state index in [1.165, 1.54) is 10.6 Å². The number of nitrogens with one attached hydrogen (secondary N) is 1. The number of nitrogens with zero attached hydrogens (tertiary/aromatic N) is 4. The number of hydrogen-bond donors (Lipinski definition) is 1. The second-order valence-electron chi connectivity index (χ2n) is 5.82. The van der Waals surface area contributed by atoms with Gasteiger partial charge in [-0.3, -0.25) is 9.48 Å². The van der Waals surface area contributed by atoms with Crippen molar-refractivity contribution >= 4 is 15.9 Å². The maximum absolute atomic E-state index is 12.1. The van der Waals surface area contributed by atoms with Crippen LogP contribution in [0.5, 0.6) is 0 Å². The van der Waals surface area contributed by atoms with E-state index in [0.717, 1.165) is 5.69 Å². The Labute approximate surface area is 145 Å². The molecule has 2 aromatic rings. The number of sulfonamides is 1. The SMILES string of the molecule is CS(=O)(=O)N1CCn2nc(CNC(=O)c3ccc(C#N)cc3)cc2C1. The van der Waals surface area contributed by atoms with E-state index in [1.807, 2.05) is 6.07 Å². The number of carbonyl (C=O) groups is 1. The highest BCUT2D eigenvalue weighted by atomic mass is 32.2. The molecule has 130 valence electrons. The van der Waals surface area contributed by atoms with Crippen LogP contribution in [0.4, 0.5) is 0 Å². The standard InChI is InChI=1S/C16H17N5O3S/c1-25(23,24)20-6-7-21-15(11-20)8-14(19-21)10-18-16(22)13-4-2-12(9-17)3-5-13/h2-5,8H,6-7,10-11H2,1H3,(H,18,22). The zero-order chi connectivity index (χ0) is 18.0. The van der Waals surface area contributed by atoms with E-state index in [0.29, 0.717) is 29.9 Å². The lowest BCUT2D eigenvalue weighted by Gasteiger charge is -2.25. The van der Waals surface area contributed by atoms with Crippen LogP contribution in [-0.2, 0) is 29.7 Å². The van der Waals surface area contributed by atoms with Gasteiger partial charge in [0.2, 0.25) is 10.0 Å². The van der Waals surface area contributed by atoms with Crippen LogP contribution in [0.25, 0.3) is 0 Å². The summed E-state index contributed by atoms with van der Waals surface area (Å²) in [6, 6.07) is 10.2. The van der Waals surface area contributed by atoms with Gasteiger partial charge in [-0.2, -0.15) is 14.7 Å². The Morgan fingerprint density at radius 1 is 1.32 bits per heavy atom. The summed E-state index contributed by atoms with van der Waals surface area (Å²) in [4.78, 5) is 12.1.